The summed E-state index contributed by atoms with van der Waals surface area (Å²) in [7, 11) is 3.13. The Kier molecular flexibility index (Phi) is 8.14. The van der Waals surface area contributed by atoms with E-state index in [-0.39, 0.29) is 12.5 Å². The zero-order valence-electron chi connectivity index (χ0n) is 14.3. The van der Waals surface area contributed by atoms with Gasteiger partial charge in [-0.2, -0.15) is 5.10 Å². The number of nitrogens with one attached hydrogen (secondary N) is 2. The van der Waals surface area contributed by atoms with Gasteiger partial charge in [-0.3, -0.25) is 10.2 Å². The van der Waals surface area contributed by atoms with E-state index in [4.69, 9.17) is 26.8 Å². The third kappa shape index (κ3) is 6.51. The summed E-state index contributed by atoms with van der Waals surface area (Å²) in [6.07, 6.45) is -0.119. The zero-order valence-corrected chi connectivity index (χ0v) is 15.1. The summed E-state index contributed by atoms with van der Waals surface area (Å²) in [5, 5.41) is 16.6. The molecule has 0 heterocycles. The molecule has 0 aromatic heterocycles. The molecule has 0 fully saturated rings. The van der Waals surface area contributed by atoms with E-state index in [0.717, 1.165) is 5.56 Å². The molecule has 3 N–H and O–H groups in total. The van der Waals surface area contributed by atoms with Gasteiger partial charge in [0.25, 0.3) is 0 Å². The average Bonchev–Trinajstić information content (AvgIpc) is 2.52. The first-order valence-corrected chi connectivity index (χ1v) is 7.77. The number of hydrogen-bond donors (Lipinski definition) is 3. The number of carboxylic acid groups (broad SMARTS) is 1. The van der Waals surface area contributed by atoms with Crippen LogP contribution in [0.5, 0.6) is 5.75 Å². The van der Waals surface area contributed by atoms with Gasteiger partial charge in [0.15, 0.2) is 5.11 Å². The fraction of sp³-hybridized carbons (Fsp3) is 0.438. The summed E-state index contributed by atoms with van der Waals surface area (Å²) < 4.78 is 10.2. The van der Waals surface area contributed by atoms with Gasteiger partial charge in [0, 0.05) is 18.7 Å². The molecular formula is C16H23N3O4S. The van der Waals surface area contributed by atoms with Crippen molar-refractivity contribution in [3.63, 3.8) is 0 Å². The zero-order chi connectivity index (χ0) is 18.1. The van der Waals surface area contributed by atoms with E-state index in [1.165, 1.54) is 7.11 Å². The maximum atomic E-state index is 11.0. The smallest absolute Gasteiger partial charge is 0.307 e. The Morgan fingerprint density at radius 3 is 2.71 bits per heavy atom. The van der Waals surface area contributed by atoms with E-state index in [1.54, 1.807) is 26.2 Å². The molecule has 7 nitrogen and oxygen atoms in total. The SMILES string of the molecule is COC[C@H](C)NC(=S)N/N=C(/C)c1ccc(OC)c(CC(=O)O)c1. The van der Waals surface area contributed by atoms with Crippen molar-refractivity contribution in [1.29, 1.82) is 0 Å². The third-order valence-electron chi connectivity index (χ3n) is 3.16. The van der Waals surface area contributed by atoms with Crippen LogP contribution >= 0.6 is 12.2 Å². The maximum absolute atomic E-state index is 11.0. The van der Waals surface area contributed by atoms with E-state index >= 15 is 0 Å². The molecule has 1 rings (SSSR count). The molecular weight excluding hydrogens is 330 g/mol. The molecule has 0 unspecified atom stereocenters. The van der Waals surface area contributed by atoms with Gasteiger partial charge in [-0.25, -0.2) is 0 Å². The summed E-state index contributed by atoms with van der Waals surface area (Å²) in [6, 6.07) is 5.35. The molecule has 0 spiro atoms. The molecule has 1 aromatic carbocycles. The molecule has 0 aliphatic rings. The van der Waals surface area contributed by atoms with Crippen molar-refractivity contribution in [2.24, 2.45) is 5.10 Å². The van der Waals surface area contributed by atoms with Gasteiger partial charge >= 0.3 is 5.97 Å². The van der Waals surface area contributed by atoms with Crippen LogP contribution < -0.4 is 15.5 Å². The van der Waals surface area contributed by atoms with Gasteiger partial charge in [0.1, 0.15) is 5.75 Å². The van der Waals surface area contributed by atoms with Gasteiger partial charge in [0.05, 0.1) is 25.8 Å². The van der Waals surface area contributed by atoms with Crippen LogP contribution in [0.3, 0.4) is 0 Å². The lowest BCUT2D eigenvalue weighted by Gasteiger charge is -2.14. The van der Waals surface area contributed by atoms with Crippen LogP contribution in [0.15, 0.2) is 23.3 Å². The van der Waals surface area contributed by atoms with Crippen molar-refractivity contribution in [3.8, 4) is 5.75 Å². The lowest BCUT2D eigenvalue weighted by Crippen LogP contribution is -2.40. The molecule has 0 bridgehead atoms. The number of hydrazone groups is 1. The third-order valence-corrected chi connectivity index (χ3v) is 3.37. The van der Waals surface area contributed by atoms with Crippen LogP contribution in [0.4, 0.5) is 0 Å². The Balaban J connectivity index is 2.80. The van der Waals surface area contributed by atoms with Gasteiger partial charge < -0.3 is 19.9 Å². The summed E-state index contributed by atoms with van der Waals surface area (Å²) >= 11 is 5.15. The van der Waals surface area contributed by atoms with Gasteiger partial charge in [-0.15, -0.1) is 0 Å². The van der Waals surface area contributed by atoms with Gasteiger partial charge in [-0.1, -0.05) is 0 Å². The molecule has 0 radical (unpaired) electrons. The molecule has 8 heteroatoms. The molecule has 1 aromatic rings. The highest BCUT2D eigenvalue weighted by molar-refractivity contribution is 7.80. The summed E-state index contributed by atoms with van der Waals surface area (Å²) in [5.41, 5.74) is 4.81. The highest BCUT2D eigenvalue weighted by Crippen LogP contribution is 2.21. The minimum atomic E-state index is -0.921. The van der Waals surface area contributed by atoms with Crippen LogP contribution in [0.25, 0.3) is 0 Å². The first-order chi connectivity index (χ1) is 11.4. The standard InChI is InChI=1S/C16H23N3O4S/c1-10(9-22-3)17-16(24)19-18-11(2)12-5-6-14(23-4)13(7-12)8-15(20)21/h5-7,10H,8-9H2,1-4H3,(H,20,21)(H2,17,19,24)/b18-11-/t10-/m0/s1. The summed E-state index contributed by atoms with van der Waals surface area (Å²) in [5.74, 6) is -0.386. The Bertz CT molecular complexity index is 619. The number of carbonyl (C=O) groups is 1. The minimum Gasteiger partial charge on any atom is -0.496 e. The van der Waals surface area contributed by atoms with Crippen LogP contribution in [0.1, 0.15) is 25.0 Å². The topological polar surface area (TPSA) is 92.2 Å². The normalized spacial score (nSPS) is 12.4. The van der Waals surface area contributed by atoms with E-state index in [1.807, 2.05) is 13.0 Å². The Hall–Kier alpha value is -2.19. The predicted octanol–water partition coefficient (Wildman–Crippen LogP) is 1.55. The monoisotopic (exact) mass is 353 g/mol. The number of hydrogen-bond acceptors (Lipinski definition) is 5. The second kappa shape index (κ2) is 9.84. The van der Waals surface area contributed by atoms with Gasteiger partial charge in [-0.05, 0) is 49.8 Å². The van der Waals surface area contributed by atoms with Crippen molar-refractivity contribution in [2.45, 2.75) is 26.3 Å². The lowest BCUT2D eigenvalue weighted by atomic mass is 10.0. The maximum Gasteiger partial charge on any atom is 0.307 e. The largest absolute Gasteiger partial charge is 0.496 e. The molecule has 24 heavy (non-hydrogen) atoms. The van der Waals surface area contributed by atoms with Crippen LogP contribution in [0, 0.1) is 0 Å². The molecule has 0 aliphatic carbocycles. The first kappa shape index (κ1) is 19.9. The molecule has 0 saturated heterocycles. The van der Waals surface area contributed by atoms with Crippen molar-refractivity contribution in [1.82, 2.24) is 10.7 Å². The van der Waals surface area contributed by atoms with Crippen molar-refractivity contribution >= 4 is 29.0 Å². The number of methoxy groups -OCH3 is 2. The molecule has 132 valence electrons. The summed E-state index contributed by atoms with van der Waals surface area (Å²) in [6.45, 7) is 4.28. The minimum absolute atomic E-state index is 0.0636. The predicted molar refractivity (Wildman–Crippen MR) is 96.8 cm³/mol. The lowest BCUT2D eigenvalue weighted by molar-refractivity contribution is -0.136. The number of thiocarbonyl (C=S) groups is 1. The van der Waals surface area contributed by atoms with Gasteiger partial charge in [0.2, 0.25) is 0 Å². The fourth-order valence-corrected chi connectivity index (χ4v) is 2.30. The second-order valence-corrected chi connectivity index (χ2v) is 5.64. The number of benzene rings is 1. The van der Waals surface area contributed by atoms with Crippen LogP contribution in [-0.4, -0.2) is 48.8 Å². The molecule has 0 aliphatic heterocycles. The first-order valence-electron chi connectivity index (χ1n) is 7.36. The van der Waals surface area contributed by atoms with Crippen molar-refractivity contribution < 1.29 is 19.4 Å². The second-order valence-electron chi connectivity index (χ2n) is 5.24. The highest BCUT2D eigenvalue weighted by atomic mass is 32.1. The van der Waals surface area contributed by atoms with E-state index < -0.39 is 5.97 Å². The Labute approximate surface area is 147 Å². The van der Waals surface area contributed by atoms with Crippen LogP contribution in [-0.2, 0) is 16.0 Å². The van der Waals surface area contributed by atoms with Crippen molar-refractivity contribution in [3.05, 3.63) is 29.3 Å². The molecule has 1 atom stereocenters. The number of nitrogens with zero attached hydrogens (tertiary/aromatic N) is 1. The molecule has 0 saturated carbocycles. The van der Waals surface area contributed by atoms with E-state index in [9.17, 15) is 4.79 Å². The molecule has 0 amide bonds. The van der Waals surface area contributed by atoms with E-state index in [2.05, 4.69) is 15.8 Å². The van der Waals surface area contributed by atoms with Crippen molar-refractivity contribution in [2.75, 3.05) is 20.8 Å². The summed E-state index contributed by atoms with van der Waals surface area (Å²) in [4.78, 5) is 11.0. The van der Waals surface area contributed by atoms with E-state index in [0.29, 0.717) is 28.7 Å². The highest BCUT2D eigenvalue weighted by Gasteiger charge is 2.10. The fourth-order valence-electron chi connectivity index (χ4n) is 2.05. The van der Waals surface area contributed by atoms with Crippen LogP contribution in [0.2, 0.25) is 0 Å². The Morgan fingerprint density at radius 2 is 2.12 bits per heavy atom. The number of rotatable bonds is 8. The number of aliphatic carboxylic acids is 1. The average molecular weight is 353 g/mol. The quantitative estimate of drug-likeness (QED) is 0.371. The number of carboxylic acids is 1. The number of ether oxygens (including phenoxy) is 2. The Morgan fingerprint density at radius 1 is 1.42 bits per heavy atom.